The lowest BCUT2D eigenvalue weighted by molar-refractivity contribution is 0.152. The van der Waals surface area contributed by atoms with Crippen LogP contribution in [0.5, 0.6) is 0 Å². The van der Waals surface area contributed by atoms with Crippen molar-refractivity contribution in [3.8, 4) is 0 Å². The topological polar surface area (TPSA) is 29.3 Å². The Kier molecular flexibility index (Phi) is 4.68. The first-order valence-corrected chi connectivity index (χ1v) is 7.62. The average Bonchev–Trinajstić information content (AvgIpc) is 2.36. The van der Waals surface area contributed by atoms with E-state index in [-0.39, 0.29) is 0 Å². The zero-order chi connectivity index (χ0) is 13.1. The predicted molar refractivity (Wildman–Crippen MR) is 81.4 cm³/mol. The van der Waals surface area contributed by atoms with Gasteiger partial charge in [-0.25, -0.2) is 0 Å². The Morgan fingerprint density at radius 3 is 2.61 bits per heavy atom. The fourth-order valence-corrected chi connectivity index (χ4v) is 3.13. The molecule has 0 radical (unpaired) electrons. The third-order valence-electron chi connectivity index (χ3n) is 4.08. The van der Waals surface area contributed by atoms with Gasteiger partial charge in [0.2, 0.25) is 0 Å². The van der Waals surface area contributed by atoms with Crippen molar-refractivity contribution >= 4 is 21.6 Å². The van der Waals surface area contributed by atoms with E-state index in [0.29, 0.717) is 0 Å². The van der Waals surface area contributed by atoms with Crippen LogP contribution in [0.2, 0.25) is 0 Å². The van der Waals surface area contributed by atoms with Crippen LogP contribution in [-0.2, 0) is 6.54 Å². The van der Waals surface area contributed by atoms with Crippen LogP contribution in [0.15, 0.2) is 22.7 Å². The first-order chi connectivity index (χ1) is 8.58. The van der Waals surface area contributed by atoms with Crippen molar-refractivity contribution in [2.24, 2.45) is 11.8 Å². The lowest BCUT2D eigenvalue weighted by atomic mass is 9.86. The van der Waals surface area contributed by atoms with Crippen molar-refractivity contribution < 1.29 is 0 Å². The highest BCUT2D eigenvalue weighted by atomic mass is 79.9. The van der Waals surface area contributed by atoms with Gasteiger partial charge in [-0.3, -0.25) is 4.90 Å². The summed E-state index contributed by atoms with van der Waals surface area (Å²) in [4.78, 5) is 2.54. The summed E-state index contributed by atoms with van der Waals surface area (Å²) in [5.74, 6) is 1.73. The van der Waals surface area contributed by atoms with Gasteiger partial charge in [-0.1, -0.05) is 26.0 Å². The number of anilines is 1. The molecule has 1 aliphatic rings. The van der Waals surface area contributed by atoms with Crippen LogP contribution in [-0.4, -0.2) is 18.0 Å². The minimum Gasteiger partial charge on any atom is -0.398 e. The fraction of sp³-hybridized carbons (Fsp3) is 0.600. The summed E-state index contributed by atoms with van der Waals surface area (Å²) in [5, 5.41) is 0. The molecule has 0 spiro atoms. The molecule has 0 aliphatic carbocycles. The van der Waals surface area contributed by atoms with Crippen molar-refractivity contribution in [3.63, 3.8) is 0 Å². The highest BCUT2D eigenvalue weighted by molar-refractivity contribution is 9.10. The Balaban J connectivity index is 1.94. The van der Waals surface area contributed by atoms with Crippen molar-refractivity contribution in [3.05, 3.63) is 28.2 Å². The lowest BCUT2D eigenvalue weighted by Crippen LogP contribution is -2.34. The molecule has 0 atom stereocenters. The number of nitrogens with two attached hydrogens (primary N) is 1. The average molecular weight is 311 g/mol. The molecule has 1 fully saturated rings. The number of nitrogen functional groups attached to an aromatic ring is 1. The second-order valence-corrected chi connectivity index (χ2v) is 6.47. The Bertz CT molecular complexity index is 395. The quantitative estimate of drug-likeness (QED) is 0.858. The Labute approximate surface area is 119 Å². The first kappa shape index (κ1) is 13.9. The number of rotatable bonds is 3. The van der Waals surface area contributed by atoms with Gasteiger partial charge in [0.1, 0.15) is 0 Å². The number of nitrogens with zero attached hydrogens (tertiary/aromatic N) is 1. The summed E-state index contributed by atoms with van der Waals surface area (Å²) >= 11 is 3.59. The molecule has 1 heterocycles. The third kappa shape index (κ3) is 3.27. The molecule has 100 valence electrons. The minimum absolute atomic E-state index is 0.825. The summed E-state index contributed by atoms with van der Waals surface area (Å²) in [5.41, 5.74) is 8.06. The molecule has 0 aromatic heterocycles. The zero-order valence-corrected chi connectivity index (χ0v) is 12.9. The number of likely N-dealkylation sites (tertiary alicyclic amines) is 1. The summed E-state index contributed by atoms with van der Waals surface area (Å²) in [7, 11) is 0. The number of benzene rings is 1. The van der Waals surface area contributed by atoms with Crippen LogP contribution in [0.25, 0.3) is 0 Å². The molecule has 2 N–H and O–H groups in total. The van der Waals surface area contributed by atoms with Crippen molar-refractivity contribution in [2.75, 3.05) is 18.8 Å². The van der Waals surface area contributed by atoms with E-state index >= 15 is 0 Å². The van der Waals surface area contributed by atoms with Crippen LogP contribution in [0.4, 0.5) is 5.69 Å². The molecule has 1 aliphatic heterocycles. The number of hydrogen-bond donors (Lipinski definition) is 1. The molecule has 2 rings (SSSR count). The highest BCUT2D eigenvalue weighted by Gasteiger charge is 2.21. The molecule has 0 unspecified atom stereocenters. The Morgan fingerprint density at radius 1 is 1.33 bits per heavy atom. The molecule has 1 aromatic carbocycles. The summed E-state index contributed by atoms with van der Waals surface area (Å²) in [6, 6.07) is 6.14. The number of hydrogen-bond acceptors (Lipinski definition) is 2. The predicted octanol–water partition coefficient (Wildman–Crippen LogP) is 3.90. The van der Waals surface area contributed by atoms with Gasteiger partial charge < -0.3 is 5.73 Å². The van der Waals surface area contributed by atoms with Gasteiger partial charge in [-0.05, 0) is 65.3 Å². The first-order valence-electron chi connectivity index (χ1n) is 6.83. The second kappa shape index (κ2) is 6.07. The van der Waals surface area contributed by atoms with Crippen molar-refractivity contribution in [1.82, 2.24) is 4.90 Å². The monoisotopic (exact) mass is 310 g/mol. The number of halogens is 1. The molecule has 0 saturated carbocycles. The second-order valence-electron chi connectivity index (χ2n) is 5.68. The van der Waals surface area contributed by atoms with Crippen LogP contribution in [0.1, 0.15) is 32.3 Å². The minimum atomic E-state index is 0.825. The summed E-state index contributed by atoms with van der Waals surface area (Å²) in [6.45, 7) is 8.12. The van der Waals surface area contributed by atoms with E-state index in [1.165, 1.54) is 31.5 Å². The third-order valence-corrected chi connectivity index (χ3v) is 5.04. The fourth-order valence-electron chi connectivity index (χ4n) is 2.74. The molecular formula is C15H23BrN2. The van der Waals surface area contributed by atoms with Gasteiger partial charge in [-0.2, -0.15) is 0 Å². The van der Waals surface area contributed by atoms with Crippen LogP contribution >= 0.6 is 15.9 Å². The lowest BCUT2D eigenvalue weighted by Gasteiger charge is -2.34. The number of piperidine rings is 1. The van der Waals surface area contributed by atoms with E-state index < -0.39 is 0 Å². The summed E-state index contributed by atoms with van der Waals surface area (Å²) in [6.07, 6.45) is 2.66. The molecule has 18 heavy (non-hydrogen) atoms. The van der Waals surface area contributed by atoms with E-state index in [2.05, 4.69) is 40.7 Å². The van der Waals surface area contributed by atoms with E-state index in [1.54, 1.807) is 0 Å². The maximum Gasteiger partial charge on any atom is 0.0461 e. The van der Waals surface area contributed by atoms with E-state index in [1.807, 2.05) is 12.1 Å². The van der Waals surface area contributed by atoms with Crippen molar-refractivity contribution in [2.45, 2.75) is 33.2 Å². The molecule has 3 heteroatoms. The van der Waals surface area contributed by atoms with Gasteiger partial charge in [0.05, 0.1) is 0 Å². The molecular weight excluding hydrogens is 288 g/mol. The van der Waals surface area contributed by atoms with E-state index in [4.69, 9.17) is 5.73 Å². The van der Waals surface area contributed by atoms with Crippen molar-refractivity contribution in [1.29, 1.82) is 0 Å². The SMILES string of the molecule is CC(C)C1CCN(Cc2cccc(N)c2Br)CC1. The van der Waals surface area contributed by atoms with Crippen LogP contribution in [0.3, 0.4) is 0 Å². The summed E-state index contributed by atoms with van der Waals surface area (Å²) < 4.78 is 1.07. The maximum atomic E-state index is 5.92. The highest BCUT2D eigenvalue weighted by Crippen LogP contribution is 2.28. The molecule has 0 bridgehead atoms. The van der Waals surface area contributed by atoms with Crippen LogP contribution < -0.4 is 5.73 Å². The zero-order valence-electron chi connectivity index (χ0n) is 11.3. The van der Waals surface area contributed by atoms with Gasteiger partial charge in [-0.15, -0.1) is 0 Å². The van der Waals surface area contributed by atoms with Crippen LogP contribution in [0, 0.1) is 11.8 Å². The molecule has 1 aromatic rings. The molecule has 1 saturated heterocycles. The molecule has 0 amide bonds. The van der Waals surface area contributed by atoms with Gasteiger partial charge in [0.15, 0.2) is 0 Å². The smallest absolute Gasteiger partial charge is 0.0461 e. The maximum absolute atomic E-state index is 5.92. The Hall–Kier alpha value is -0.540. The van der Waals surface area contributed by atoms with E-state index in [0.717, 1.165) is 28.5 Å². The normalized spacial score (nSPS) is 18.4. The Morgan fingerprint density at radius 2 is 2.00 bits per heavy atom. The van der Waals surface area contributed by atoms with Gasteiger partial charge in [0, 0.05) is 16.7 Å². The standard InChI is InChI=1S/C15H23BrN2/c1-11(2)12-6-8-18(9-7-12)10-13-4-3-5-14(17)15(13)16/h3-5,11-12H,6-10,17H2,1-2H3. The largest absolute Gasteiger partial charge is 0.398 e. The van der Waals surface area contributed by atoms with Gasteiger partial charge in [0.25, 0.3) is 0 Å². The molecule has 2 nitrogen and oxygen atoms in total. The van der Waals surface area contributed by atoms with Gasteiger partial charge >= 0.3 is 0 Å². The van der Waals surface area contributed by atoms with E-state index in [9.17, 15) is 0 Å².